The van der Waals surface area contributed by atoms with Gasteiger partial charge in [-0.3, -0.25) is 4.90 Å². The lowest BCUT2D eigenvalue weighted by molar-refractivity contribution is -0.959. The van der Waals surface area contributed by atoms with Gasteiger partial charge < -0.3 is 9.47 Å². The molecule has 0 spiro atoms. The zero-order chi connectivity index (χ0) is 13.5. The van der Waals surface area contributed by atoms with Crippen molar-refractivity contribution in [1.29, 1.82) is 10.5 Å². The molecular weight excluding hydrogens is 232 g/mol. The summed E-state index contributed by atoms with van der Waals surface area (Å²) in [6.45, 7) is 7.40. The number of nitriles is 2. The molecule has 1 heterocycles. The van der Waals surface area contributed by atoms with Gasteiger partial charge in [-0.05, 0) is 20.8 Å². The monoisotopic (exact) mass is 251 g/mol. The lowest BCUT2D eigenvalue weighted by Crippen LogP contribution is -3.22. The van der Waals surface area contributed by atoms with Crippen LogP contribution in [0.1, 0.15) is 20.8 Å². The fourth-order valence-electron chi connectivity index (χ4n) is 2.11. The Morgan fingerprint density at radius 1 is 1.22 bits per heavy atom. The van der Waals surface area contributed by atoms with Crippen LogP contribution in [0, 0.1) is 22.7 Å². The van der Waals surface area contributed by atoms with E-state index in [1.54, 1.807) is 0 Å². The Labute approximate surface area is 107 Å². The zero-order valence-electron chi connectivity index (χ0n) is 11.0. The first kappa shape index (κ1) is 14.6. The van der Waals surface area contributed by atoms with Crippen molar-refractivity contribution in [3.63, 3.8) is 0 Å². The number of likely N-dealkylation sites (N-methyl/N-ethyl adjacent to an activating group) is 1. The van der Waals surface area contributed by atoms with Crippen LogP contribution in [-0.4, -0.2) is 44.0 Å². The summed E-state index contributed by atoms with van der Waals surface area (Å²) >= 11 is 0. The molecule has 4 atom stereocenters. The SMILES string of the molecule is CCO[C@@H]1[C@H](OCC)N=C(C#N)[C@@H](C#N)[NH+]1CC. The molecule has 6 heteroatoms. The van der Waals surface area contributed by atoms with Crippen LogP contribution in [0.25, 0.3) is 0 Å². The summed E-state index contributed by atoms with van der Waals surface area (Å²) in [6, 6.07) is 3.55. The number of quaternary nitrogens is 1. The highest BCUT2D eigenvalue weighted by Crippen LogP contribution is 2.08. The van der Waals surface area contributed by atoms with E-state index in [9.17, 15) is 5.26 Å². The molecule has 0 saturated heterocycles. The Bertz CT molecular complexity index is 383. The fraction of sp³-hybridized carbons (Fsp3) is 0.750. The van der Waals surface area contributed by atoms with Gasteiger partial charge in [0.2, 0.25) is 18.5 Å². The Hall–Kier alpha value is -1.47. The summed E-state index contributed by atoms with van der Waals surface area (Å²) in [5, 5.41) is 18.3. The van der Waals surface area contributed by atoms with Crippen molar-refractivity contribution < 1.29 is 14.4 Å². The second kappa shape index (κ2) is 7.07. The second-order valence-electron chi connectivity index (χ2n) is 3.84. The molecule has 1 aliphatic heterocycles. The molecule has 0 aromatic carbocycles. The molecule has 1 rings (SSSR count). The first-order valence-electron chi connectivity index (χ1n) is 6.19. The lowest BCUT2D eigenvalue weighted by Gasteiger charge is -2.36. The average Bonchev–Trinajstić information content (AvgIpc) is 2.39. The number of rotatable bonds is 5. The van der Waals surface area contributed by atoms with E-state index in [2.05, 4.69) is 11.1 Å². The van der Waals surface area contributed by atoms with Crippen molar-refractivity contribution in [2.45, 2.75) is 39.3 Å². The Kier molecular flexibility index (Phi) is 5.73. The summed E-state index contributed by atoms with van der Waals surface area (Å²) in [5.41, 5.74) is 0.226. The summed E-state index contributed by atoms with van der Waals surface area (Å²) in [7, 11) is 0. The molecular formula is C12H19N4O2+. The van der Waals surface area contributed by atoms with Crippen molar-refractivity contribution >= 4 is 5.71 Å². The van der Waals surface area contributed by atoms with Gasteiger partial charge in [-0.1, -0.05) is 0 Å². The van der Waals surface area contributed by atoms with Gasteiger partial charge in [-0.25, -0.2) is 4.99 Å². The summed E-state index contributed by atoms with van der Waals surface area (Å²) in [5.74, 6) is 0. The van der Waals surface area contributed by atoms with Gasteiger partial charge in [0.25, 0.3) is 0 Å². The highest BCUT2D eigenvalue weighted by atomic mass is 16.6. The highest BCUT2D eigenvalue weighted by molar-refractivity contribution is 6.03. The van der Waals surface area contributed by atoms with E-state index < -0.39 is 12.3 Å². The topological polar surface area (TPSA) is 82.8 Å². The van der Waals surface area contributed by atoms with E-state index in [0.717, 1.165) is 4.90 Å². The Balaban J connectivity index is 3.10. The molecule has 0 amide bonds. The maximum Gasteiger partial charge on any atom is 0.240 e. The zero-order valence-corrected chi connectivity index (χ0v) is 11.0. The van der Waals surface area contributed by atoms with Gasteiger partial charge in [-0.15, -0.1) is 0 Å². The van der Waals surface area contributed by atoms with Gasteiger partial charge in [0.15, 0.2) is 5.71 Å². The maximum atomic E-state index is 9.20. The predicted octanol–water partition coefficient (Wildman–Crippen LogP) is -0.513. The van der Waals surface area contributed by atoms with Gasteiger partial charge in [0, 0.05) is 6.61 Å². The molecule has 0 fully saturated rings. The van der Waals surface area contributed by atoms with Crippen LogP contribution >= 0.6 is 0 Å². The van der Waals surface area contributed by atoms with Crippen LogP contribution in [0.4, 0.5) is 0 Å². The molecule has 6 nitrogen and oxygen atoms in total. The molecule has 18 heavy (non-hydrogen) atoms. The minimum Gasteiger partial charge on any atom is -0.349 e. The quantitative estimate of drug-likeness (QED) is 0.713. The molecule has 0 aromatic heterocycles. The standard InChI is InChI=1S/C12H18N4O2/c1-4-16-10(8-14)9(7-13)15-11(17-5-2)12(16)18-6-3/h10-12H,4-6H2,1-3H3/p+1/t10-,11+,12-/m1/s1. The van der Waals surface area contributed by atoms with Crippen molar-refractivity contribution in [2.75, 3.05) is 19.8 Å². The third-order valence-electron chi connectivity index (χ3n) is 2.87. The van der Waals surface area contributed by atoms with Crippen LogP contribution in [0.15, 0.2) is 4.99 Å². The minimum absolute atomic E-state index is 0.226. The normalized spacial score (nSPS) is 31.3. The highest BCUT2D eigenvalue weighted by Gasteiger charge is 2.43. The summed E-state index contributed by atoms with van der Waals surface area (Å²) < 4.78 is 11.2. The lowest BCUT2D eigenvalue weighted by atomic mass is 10.1. The van der Waals surface area contributed by atoms with E-state index >= 15 is 0 Å². The number of ether oxygens (including phenoxy) is 2. The van der Waals surface area contributed by atoms with Crippen LogP contribution in [0.3, 0.4) is 0 Å². The molecule has 1 aliphatic rings. The van der Waals surface area contributed by atoms with Crippen molar-refractivity contribution in [1.82, 2.24) is 0 Å². The smallest absolute Gasteiger partial charge is 0.240 e. The number of nitrogens with zero attached hydrogens (tertiary/aromatic N) is 3. The molecule has 0 radical (unpaired) electrons. The Morgan fingerprint density at radius 3 is 2.33 bits per heavy atom. The van der Waals surface area contributed by atoms with Crippen LogP contribution < -0.4 is 4.90 Å². The van der Waals surface area contributed by atoms with E-state index in [4.69, 9.17) is 14.7 Å². The average molecular weight is 251 g/mol. The molecule has 0 aliphatic carbocycles. The summed E-state index contributed by atoms with van der Waals surface area (Å²) in [4.78, 5) is 5.08. The number of aliphatic imine (C=N–C) groups is 1. The van der Waals surface area contributed by atoms with Crippen LogP contribution in [0.2, 0.25) is 0 Å². The minimum atomic E-state index is -0.576. The van der Waals surface area contributed by atoms with E-state index in [-0.39, 0.29) is 11.9 Å². The van der Waals surface area contributed by atoms with Crippen molar-refractivity contribution in [3.8, 4) is 12.1 Å². The Morgan fingerprint density at radius 2 is 1.89 bits per heavy atom. The molecule has 98 valence electrons. The van der Waals surface area contributed by atoms with E-state index in [1.807, 2.05) is 26.8 Å². The largest absolute Gasteiger partial charge is 0.349 e. The molecule has 1 unspecified atom stereocenters. The maximum absolute atomic E-state index is 9.20. The molecule has 1 N–H and O–H groups in total. The predicted molar refractivity (Wildman–Crippen MR) is 64.8 cm³/mol. The van der Waals surface area contributed by atoms with Crippen molar-refractivity contribution in [3.05, 3.63) is 0 Å². The number of hydrogen-bond acceptors (Lipinski definition) is 5. The van der Waals surface area contributed by atoms with E-state index in [1.165, 1.54) is 0 Å². The molecule has 0 saturated carbocycles. The number of nitrogens with one attached hydrogen (secondary N) is 1. The fourth-order valence-corrected chi connectivity index (χ4v) is 2.11. The van der Waals surface area contributed by atoms with Gasteiger partial charge >= 0.3 is 0 Å². The van der Waals surface area contributed by atoms with Gasteiger partial charge in [-0.2, -0.15) is 10.5 Å². The first-order valence-corrected chi connectivity index (χ1v) is 6.19. The van der Waals surface area contributed by atoms with Crippen molar-refractivity contribution in [2.24, 2.45) is 4.99 Å². The van der Waals surface area contributed by atoms with E-state index in [0.29, 0.717) is 19.8 Å². The van der Waals surface area contributed by atoms with Crippen LogP contribution in [-0.2, 0) is 9.47 Å². The van der Waals surface area contributed by atoms with Gasteiger partial charge in [0.05, 0.1) is 13.2 Å². The summed E-state index contributed by atoms with van der Waals surface area (Å²) in [6.07, 6.45) is -0.842. The number of hydrogen-bond donors (Lipinski definition) is 1. The third-order valence-corrected chi connectivity index (χ3v) is 2.87. The van der Waals surface area contributed by atoms with Gasteiger partial charge in [0.1, 0.15) is 12.1 Å². The molecule has 0 aromatic rings. The molecule has 0 bridgehead atoms. The van der Waals surface area contributed by atoms with Crippen LogP contribution in [0.5, 0.6) is 0 Å². The third kappa shape index (κ3) is 2.85. The first-order chi connectivity index (χ1) is 8.73. The second-order valence-corrected chi connectivity index (χ2v) is 3.84.